The topological polar surface area (TPSA) is 82.8 Å². The SMILES string of the molecule is CC(C)(C)C(=O)N1CCCC(C(=O)N2CCN(CCCc3nc(-c4cccs4)no3)CC2)C1. The molecule has 0 radical (unpaired) electrons. The third-order valence-electron chi connectivity index (χ3n) is 6.46. The van der Waals surface area contributed by atoms with Gasteiger partial charge < -0.3 is 14.3 Å². The van der Waals surface area contributed by atoms with Crippen molar-refractivity contribution in [3.63, 3.8) is 0 Å². The first-order valence-electron chi connectivity index (χ1n) is 12.0. The van der Waals surface area contributed by atoms with Gasteiger partial charge in [0.05, 0.1) is 10.8 Å². The van der Waals surface area contributed by atoms with Crippen LogP contribution in [0, 0.1) is 11.3 Å². The molecule has 2 saturated heterocycles. The summed E-state index contributed by atoms with van der Waals surface area (Å²) in [7, 11) is 0. The Morgan fingerprint density at radius 3 is 2.64 bits per heavy atom. The van der Waals surface area contributed by atoms with E-state index in [1.54, 1.807) is 11.3 Å². The highest BCUT2D eigenvalue weighted by molar-refractivity contribution is 7.13. The van der Waals surface area contributed by atoms with Gasteiger partial charge in [-0.2, -0.15) is 4.98 Å². The van der Waals surface area contributed by atoms with Gasteiger partial charge in [0, 0.05) is 51.1 Å². The van der Waals surface area contributed by atoms with Crippen molar-refractivity contribution < 1.29 is 14.1 Å². The van der Waals surface area contributed by atoms with Gasteiger partial charge in [0.25, 0.3) is 0 Å². The van der Waals surface area contributed by atoms with Crippen LogP contribution in [0.1, 0.15) is 45.9 Å². The Bertz CT molecular complexity index is 928. The number of carbonyl (C=O) groups excluding carboxylic acids is 2. The molecule has 0 spiro atoms. The smallest absolute Gasteiger partial charge is 0.227 e. The lowest BCUT2D eigenvalue weighted by atomic mass is 9.90. The summed E-state index contributed by atoms with van der Waals surface area (Å²) in [6.07, 6.45) is 3.50. The monoisotopic (exact) mass is 473 g/mol. The number of piperidine rings is 1. The number of thiophene rings is 1. The number of amides is 2. The molecule has 4 rings (SSSR count). The molecule has 8 nitrogen and oxygen atoms in total. The molecule has 2 aromatic rings. The van der Waals surface area contributed by atoms with E-state index < -0.39 is 5.41 Å². The Kier molecular flexibility index (Phi) is 7.48. The number of likely N-dealkylation sites (tertiary alicyclic amines) is 1. The fraction of sp³-hybridized carbons (Fsp3) is 0.667. The van der Waals surface area contributed by atoms with Crippen molar-refractivity contribution in [2.45, 2.75) is 46.5 Å². The Balaban J connectivity index is 1.19. The maximum absolute atomic E-state index is 13.1. The van der Waals surface area contributed by atoms with E-state index in [0.29, 0.717) is 18.3 Å². The quantitative estimate of drug-likeness (QED) is 0.641. The van der Waals surface area contributed by atoms with Gasteiger partial charge in [0.1, 0.15) is 0 Å². The molecule has 0 aromatic carbocycles. The molecule has 1 atom stereocenters. The van der Waals surface area contributed by atoms with Crippen molar-refractivity contribution in [1.82, 2.24) is 24.8 Å². The normalized spacial score (nSPS) is 20.3. The molecule has 4 heterocycles. The Morgan fingerprint density at radius 2 is 1.94 bits per heavy atom. The van der Waals surface area contributed by atoms with Crippen LogP contribution in [-0.4, -0.2) is 82.5 Å². The molecule has 2 aromatic heterocycles. The maximum Gasteiger partial charge on any atom is 0.227 e. The van der Waals surface area contributed by atoms with E-state index in [0.717, 1.165) is 69.8 Å². The summed E-state index contributed by atoms with van der Waals surface area (Å²) in [6.45, 7) is 11.4. The third kappa shape index (κ3) is 6.00. The fourth-order valence-corrected chi connectivity index (χ4v) is 5.25. The van der Waals surface area contributed by atoms with Crippen LogP contribution in [-0.2, 0) is 16.0 Å². The predicted molar refractivity (Wildman–Crippen MR) is 128 cm³/mol. The molecule has 9 heteroatoms. The van der Waals surface area contributed by atoms with Crippen LogP contribution in [0.25, 0.3) is 10.7 Å². The first-order chi connectivity index (χ1) is 15.8. The number of rotatable bonds is 6. The molecule has 0 bridgehead atoms. The van der Waals surface area contributed by atoms with Gasteiger partial charge in [-0.05, 0) is 37.3 Å². The van der Waals surface area contributed by atoms with Crippen LogP contribution in [0.4, 0.5) is 0 Å². The summed E-state index contributed by atoms with van der Waals surface area (Å²) < 4.78 is 5.39. The zero-order chi connectivity index (χ0) is 23.4. The Morgan fingerprint density at radius 1 is 1.15 bits per heavy atom. The number of nitrogens with zero attached hydrogens (tertiary/aromatic N) is 5. The molecule has 2 aliphatic heterocycles. The second kappa shape index (κ2) is 10.3. The van der Waals surface area contributed by atoms with Crippen molar-refractivity contribution >= 4 is 23.2 Å². The molecule has 2 aliphatic rings. The largest absolute Gasteiger partial charge is 0.341 e. The Hall–Kier alpha value is -2.26. The molecule has 33 heavy (non-hydrogen) atoms. The third-order valence-corrected chi connectivity index (χ3v) is 7.32. The molecule has 2 amide bonds. The van der Waals surface area contributed by atoms with Crippen molar-refractivity contribution in [3.8, 4) is 10.7 Å². The van der Waals surface area contributed by atoms with Gasteiger partial charge in [-0.15, -0.1) is 11.3 Å². The molecule has 0 aliphatic carbocycles. The van der Waals surface area contributed by atoms with E-state index in [1.165, 1.54) is 0 Å². The van der Waals surface area contributed by atoms with E-state index in [1.807, 2.05) is 48.1 Å². The van der Waals surface area contributed by atoms with E-state index in [4.69, 9.17) is 4.52 Å². The van der Waals surface area contributed by atoms with Gasteiger partial charge in [0.15, 0.2) is 0 Å². The average molecular weight is 474 g/mol. The number of carbonyl (C=O) groups is 2. The first-order valence-corrected chi connectivity index (χ1v) is 12.9. The van der Waals surface area contributed by atoms with Crippen molar-refractivity contribution in [2.24, 2.45) is 11.3 Å². The number of hydrogen-bond donors (Lipinski definition) is 0. The minimum Gasteiger partial charge on any atom is -0.341 e. The van der Waals surface area contributed by atoms with Crippen molar-refractivity contribution in [3.05, 3.63) is 23.4 Å². The molecule has 0 N–H and O–H groups in total. The van der Waals surface area contributed by atoms with Crippen LogP contribution in [0.2, 0.25) is 0 Å². The van der Waals surface area contributed by atoms with Crippen LogP contribution in [0.15, 0.2) is 22.0 Å². The van der Waals surface area contributed by atoms with Gasteiger partial charge in [-0.3, -0.25) is 14.5 Å². The summed E-state index contributed by atoms with van der Waals surface area (Å²) >= 11 is 1.61. The van der Waals surface area contributed by atoms with Gasteiger partial charge in [-0.25, -0.2) is 0 Å². The van der Waals surface area contributed by atoms with Gasteiger partial charge in [0.2, 0.25) is 23.5 Å². The maximum atomic E-state index is 13.1. The number of hydrogen-bond acceptors (Lipinski definition) is 7. The van der Waals surface area contributed by atoms with Crippen LogP contribution >= 0.6 is 11.3 Å². The molecule has 180 valence electrons. The second-order valence-corrected chi connectivity index (χ2v) is 11.0. The Labute approximate surface area is 199 Å². The van der Waals surface area contributed by atoms with E-state index in [9.17, 15) is 9.59 Å². The first kappa shape index (κ1) is 23.9. The lowest BCUT2D eigenvalue weighted by molar-refractivity contribution is -0.146. The van der Waals surface area contributed by atoms with Crippen molar-refractivity contribution in [2.75, 3.05) is 45.8 Å². The lowest BCUT2D eigenvalue weighted by Crippen LogP contribution is -2.54. The summed E-state index contributed by atoms with van der Waals surface area (Å²) in [5.41, 5.74) is -0.399. The van der Waals surface area contributed by atoms with E-state index >= 15 is 0 Å². The van der Waals surface area contributed by atoms with Crippen LogP contribution < -0.4 is 0 Å². The number of aryl methyl sites for hydroxylation is 1. The minimum absolute atomic E-state index is 0.0633. The van der Waals surface area contributed by atoms with E-state index in [2.05, 4.69) is 15.0 Å². The van der Waals surface area contributed by atoms with Crippen LogP contribution in [0.5, 0.6) is 0 Å². The summed E-state index contributed by atoms with van der Waals surface area (Å²) in [5.74, 6) is 1.64. The highest BCUT2D eigenvalue weighted by Gasteiger charge is 2.35. The van der Waals surface area contributed by atoms with Gasteiger partial charge >= 0.3 is 0 Å². The molecule has 0 saturated carbocycles. The average Bonchev–Trinajstić information content (AvgIpc) is 3.50. The molecular weight excluding hydrogens is 438 g/mol. The fourth-order valence-electron chi connectivity index (χ4n) is 4.60. The zero-order valence-electron chi connectivity index (χ0n) is 20.0. The second-order valence-electron chi connectivity index (χ2n) is 10.1. The highest BCUT2D eigenvalue weighted by atomic mass is 32.1. The van der Waals surface area contributed by atoms with Crippen molar-refractivity contribution in [1.29, 1.82) is 0 Å². The zero-order valence-corrected chi connectivity index (χ0v) is 20.8. The summed E-state index contributed by atoms with van der Waals surface area (Å²) in [6, 6.07) is 3.98. The van der Waals surface area contributed by atoms with Gasteiger partial charge in [-0.1, -0.05) is 32.0 Å². The number of piperazine rings is 1. The molecule has 2 fully saturated rings. The number of aromatic nitrogens is 2. The minimum atomic E-state index is -0.399. The summed E-state index contributed by atoms with van der Waals surface area (Å²) in [4.78, 5) is 37.6. The lowest BCUT2D eigenvalue weighted by Gasteiger charge is -2.40. The summed E-state index contributed by atoms with van der Waals surface area (Å²) in [5, 5.41) is 6.07. The molecule has 1 unspecified atom stereocenters. The highest BCUT2D eigenvalue weighted by Crippen LogP contribution is 2.25. The predicted octanol–water partition coefficient (Wildman–Crippen LogP) is 3.16. The van der Waals surface area contributed by atoms with E-state index in [-0.39, 0.29) is 17.7 Å². The van der Waals surface area contributed by atoms with Crippen LogP contribution in [0.3, 0.4) is 0 Å². The standard InChI is InChI=1S/C24H35N5O3S/c1-24(2,3)23(31)29-11-4-7-18(17-29)22(30)28-14-12-27(13-15-28)10-5-9-20-25-21(26-32-20)19-8-6-16-33-19/h6,8,16,18H,4-5,7,9-15,17H2,1-3H3. The molecular formula is C24H35N5O3S.